The van der Waals surface area contributed by atoms with Gasteiger partial charge in [-0.05, 0) is 50.6 Å². The Hall–Kier alpha value is -2.42. The fourth-order valence-corrected chi connectivity index (χ4v) is 4.65. The molecule has 0 radical (unpaired) electrons. The summed E-state index contributed by atoms with van der Waals surface area (Å²) in [6.07, 6.45) is 0. The number of rotatable bonds is 6. The van der Waals surface area contributed by atoms with E-state index in [4.69, 9.17) is 4.74 Å². The van der Waals surface area contributed by atoms with E-state index in [1.807, 2.05) is 32.0 Å². The number of amides is 1. The van der Waals surface area contributed by atoms with Gasteiger partial charge in [-0.25, -0.2) is 8.42 Å². The minimum atomic E-state index is -3.61. The second-order valence-electron chi connectivity index (χ2n) is 7.22. The van der Waals surface area contributed by atoms with Crippen LogP contribution in [-0.2, 0) is 19.6 Å². The highest BCUT2D eigenvalue weighted by Crippen LogP contribution is 2.21. The lowest BCUT2D eigenvalue weighted by atomic mass is 10.1. The Labute approximate surface area is 172 Å². The summed E-state index contributed by atoms with van der Waals surface area (Å²) < 4.78 is 32.3. The smallest absolute Gasteiger partial charge is 0.246 e. The second-order valence-corrected chi connectivity index (χ2v) is 9.16. The predicted molar refractivity (Wildman–Crippen MR) is 114 cm³/mol. The van der Waals surface area contributed by atoms with Gasteiger partial charge >= 0.3 is 0 Å². The number of anilines is 2. The van der Waals surface area contributed by atoms with Crippen LogP contribution in [0.4, 0.5) is 11.4 Å². The van der Waals surface area contributed by atoms with Gasteiger partial charge in [-0.3, -0.25) is 4.79 Å². The van der Waals surface area contributed by atoms with Gasteiger partial charge in [0.2, 0.25) is 15.9 Å². The molecular weight excluding hydrogens is 390 g/mol. The lowest BCUT2D eigenvalue weighted by Crippen LogP contribution is -2.40. The zero-order chi connectivity index (χ0) is 21.0. The van der Waals surface area contributed by atoms with Gasteiger partial charge in [-0.15, -0.1) is 0 Å². The monoisotopic (exact) mass is 417 g/mol. The van der Waals surface area contributed by atoms with Gasteiger partial charge in [0.15, 0.2) is 0 Å². The zero-order valence-electron chi connectivity index (χ0n) is 16.9. The van der Waals surface area contributed by atoms with Crippen molar-refractivity contribution in [1.29, 1.82) is 0 Å². The van der Waals surface area contributed by atoms with E-state index in [1.54, 1.807) is 19.1 Å². The van der Waals surface area contributed by atoms with Crippen molar-refractivity contribution >= 4 is 27.3 Å². The maximum Gasteiger partial charge on any atom is 0.246 e. The van der Waals surface area contributed by atoms with Crippen LogP contribution in [0.2, 0.25) is 0 Å². The van der Waals surface area contributed by atoms with E-state index >= 15 is 0 Å². The summed E-state index contributed by atoms with van der Waals surface area (Å²) >= 11 is 0. The van der Waals surface area contributed by atoms with Gasteiger partial charge in [0.1, 0.15) is 6.04 Å². The molecule has 0 aromatic heterocycles. The highest BCUT2D eigenvalue weighted by Gasteiger charge is 2.26. The Balaban J connectivity index is 1.69. The Bertz CT molecular complexity index is 985. The highest BCUT2D eigenvalue weighted by molar-refractivity contribution is 7.89. The number of carbonyl (C=O) groups is 1. The summed E-state index contributed by atoms with van der Waals surface area (Å²) in [6.45, 7) is 7.20. The fraction of sp³-hybridized carbons (Fsp3) is 0.381. The number of benzene rings is 2. The Morgan fingerprint density at radius 1 is 1.10 bits per heavy atom. The standard InChI is InChI=1S/C21H27N3O4S/c1-15-7-8-20(16(2)13-15)22-17(3)21(25)23-18-5-4-6-19(14-18)29(26,27)24-9-11-28-12-10-24/h4-8,13-14,17,22H,9-12H2,1-3H3,(H,23,25). The normalized spacial score (nSPS) is 16.2. The molecule has 0 saturated carbocycles. The van der Waals surface area contributed by atoms with Crippen LogP contribution in [0.5, 0.6) is 0 Å². The van der Waals surface area contributed by atoms with E-state index in [1.165, 1.54) is 16.4 Å². The fourth-order valence-electron chi connectivity index (χ4n) is 3.20. The van der Waals surface area contributed by atoms with Crippen LogP contribution < -0.4 is 10.6 Å². The molecule has 0 aliphatic carbocycles. The van der Waals surface area contributed by atoms with Crippen LogP contribution >= 0.6 is 0 Å². The van der Waals surface area contributed by atoms with Crippen LogP contribution in [0.1, 0.15) is 18.1 Å². The molecule has 0 bridgehead atoms. The molecule has 2 N–H and O–H groups in total. The summed E-state index contributed by atoms with van der Waals surface area (Å²) in [7, 11) is -3.61. The Morgan fingerprint density at radius 3 is 2.52 bits per heavy atom. The highest BCUT2D eigenvalue weighted by atomic mass is 32.2. The van der Waals surface area contributed by atoms with Crippen LogP contribution in [0.3, 0.4) is 0 Å². The molecular formula is C21H27N3O4S. The van der Waals surface area contributed by atoms with Gasteiger partial charge in [-0.1, -0.05) is 23.8 Å². The molecule has 0 spiro atoms. The average Bonchev–Trinajstić information content (AvgIpc) is 2.71. The van der Waals surface area contributed by atoms with Crippen LogP contribution in [0.25, 0.3) is 0 Å². The molecule has 1 fully saturated rings. The van der Waals surface area contributed by atoms with E-state index in [0.29, 0.717) is 32.0 Å². The van der Waals surface area contributed by atoms with Crippen LogP contribution in [0.15, 0.2) is 47.4 Å². The molecule has 1 aliphatic rings. The number of ether oxygens (including phenoxy) is 1. The third-order valence-corrected chi connectivity index (χ3v) is 6.75. The van der Waals surface area contributed by atoms with Crippen molar-refractivity contribution in [2.75, 3.05) is 36.9 Å². The van der Waals surface area contributed by atoms with Crippen LogP contribution in [-0.4, -0.2) is 51.0 Å². The quantitative estimate of drug-likeness (QED) is 0.755. The maximum absolute atomic E-state index is 12.8. The van der Waals surface area contributed by atoms with Crippen molar-refractivity contribution in [3.8, 4) is 0 Å². The minimum absolute atomic E-state index is 0.159. The zero-order valence-corrected chi connectivity index (χ0v) is 17.8. The minimum Gasteiger partial charge on any atom is -0.379 e. The summed E-state index contributed by atoms with van der Waals surface area (Å²) in [6, 6.07) is 11.8. The van der Waals surface area contributed by atoms with Crippen molar-refractivity contribution in [3.63, 3.8) is 0 Å². The SMILES string of the molecule is Cc1ccc(NC(C)C(=O)Nc2cccc(S(=O)(=O)N3CCOCC3)c2)c(C)c1. The number of hydrogen-bond acceptors (Lipinski definition) is 5. The number of hydrogen-bond donors (Lipinski definition) is 2. The second kappa shape index (κ2) is 8.94. The molecule has 1 atom stereocenters. The van der Waals surface area contributed by atoms with Crippen molar-refractivity contribution in [2.24, 2.45) is 0 Å². The number of nitrogens with one attached hydrogen (secondary N) is 2. The first kappa shape index (κ1) is 21.3. The van der Waals surface area contributed by atoms with Gasteiger partial charge in [0, 0.05) is 24.5 Å². The molecule has 1 unspecified atom stereocenters. The molecule has 156 valence electrons. The first-order chi connectivity index (χ1) is 13.8. The molecule has 3 rings (SSSR count). The topological polar surface area (TPSA) is 87.7 Å². The number of sulfonamides is 1. The lowest BCUT2D eigenvalue weighted by Gasteiger charge is -2.26. The summed E-state index contributed by atoms with van der Waals surface area (Å²) in [4.78, 5) is 12.8. The number of morpholine rings is 1. The maximum atomic E-state index is 12.8. The third kappa shape index (κ3) is 5.14. The molecule has 8 heteroatoms. The van der Waals surface area contributed by atoms with Crippen LogP contribution in [0, 0.1) is 13.8 Å². The average molecular weight is 418 g/mol. The molecule has 2 aromatic rings. The van der Waals surface area contributed by atoms with Gasteiger partial charge < -0.3 is 15.4 Å². The number of carbonyl (C=O) groups excluding carboxylic acids is 1. The largest absolute Gasteiger partial charge is 0.379 e. The Morgan fingerprint density at radius 2 is 1.83 bits per heavy atom. The van der Waals surface area contributed by atoms with E-state index in [0.717, 1.165) is 16.8 Å². The van der Waals surface area contributed by atoms with Crippen molar-refractivity contribution in [2.45, 2.75) is 31.7 Å². The van der Waals surface area contributed by atoms with E-state index in [2.05, 4.69) is 10.6 Å². The molecule has 1 heterocycles. The summed E-state index contributed by atoms with van der Waals surface area (Å²) in [5.74, 6) is -0.245. The lowest BCUT2D eigenvalue weighted by molar-refractivity contribution is -0.116. The predicted octanol–water partition coefficient (Wildman–Crippen LogP) is 2.76. The first-order valence-electron chi connectivity index (χ1n) is 9.60. The number of aryl methyl sites for hydroxylation is 2. The Kier molecular flexibility index (Phi) is 6.56. The van der Waals surface area contributed by atoms with Crippen molar-refractivity contribution in [3.05, 3.63) is 53.6 Å². The van der Waals surface area contributed by atoms with E-state index in [9.17, 15) is 13.2 Å². The molecule has 1 aliphatic heterocycles. The van der Waals surface area contributed by atoms with E-state index in [-0.39, 0.29) is 10.8 Å². The van der Waals surface area contributed by atoms with Gasteiger partial charge in [-0.2, -0.15) is 4.31 Å². The molecule has 1 amide bonds. The number of nitrogens with zero attached hydrogens (tertiary/aromatic N) is 1. The van der Waals surface area contributed by atoms with Gasteiger partial charge in [0.05, 0.1) is 18.1 Å². The van der Waals surface area contributed by atoms with E-state index < -0.39 is 16.1 Å². The molecule has 2 aromatic carbocycles. The third-order valence-electron chi connectivity index (χ3n) is 4.86. The molecule has 29 heavy (non-hydrogen) atoms. The van der Waals surface area contributed by atoms with Crippen molar-refractivity contribution in [1.82, 2.24) is 4.31 Å². The van der Waals surface area contributed by atoms with Crippen molar-refractivity contribution < 1.29 is 17.9 Å². The first-order valence-corrected chi connectivity index (χ1v) is 11.0. The summed E-state index contributed by atoms with van der Waals surface area (Å²) in [5.41, 5.74) is 3.55. The molecule has 1 saturated heterocycles. The summed E-state index contributed by atoms with van der Waals surface area (Å²) in [5, 5.41) is 6.00. The van der Waals surface area contributed by atoms with Gasteiger partial charge in [0.25, 0.3) is 0 Å². The molecule has 7 nitrogen and oxygen atoms in total.